The van der Waals surface area contributed by atoms with Crippen molar-refractivity contribution in [3.05, 3.63) is 41.2 Å². The zero-order valence-corrected chi connectivity index (χ0v) is 7.59. The molecule has 1 aromatic rings. The summed E-state index contributed by atoms with van der Waals surface area (Å²) < 4.78 is 12.8. The number of amides is 1. The van der Waals surface area contributed by atoms with Crippen molar-refractivity contribution in [2.45, 2.75) is 12.8 Å². The Labute approximate surface area is 81.2 Å². The van der Waals surface area contributed by atoms with E-state index in [1.807, 2.05) is 0 Å². The quantitative estimate of drug-likeness (QED) is 0.674. The second-order valence-electron chi connectivity index (χ2n) is 3.37. The molecule has 0 heterocycles. The molecule has 0 unspecified atom stereocenters. The van der Waals surface area contributed by atoms with Crippen LogP contribution in [0.5, 0.6) is 0 Å². The maximum atomic E-state index is 12.8. The summed E-state index contributed by atoms with van der Waals surface area (Å²) in [6.07, 6.45) is 2.97. The largest absolute Gasteiger partial charge is 0.366 e. The Morgan fingerprint density at radius 2 is 2.21 bits per heavy atom. The number of nitrogens with two attached hydrogens (primary N) is 1. The first-order chi connectivity index (χ1) is 6.66. The molecule has 0 bridgehead atoms. The number of aryl methyl sites for hydroxylation is 1. The third-order valence-corrected chi connectivity index (χ3v) is 2.39. The minimum Gasteiger partial charge on any atom is -0.366 e. The van der Waals surface area contributed by atoms with E-state index in [2.05, 4.69) is 0 Å². The molecule has 0 aromatic heterocycles. The van der Waals surface area contributed by atoms with Crippen LogP contribution in [0.25, 0.3) is 5.57 Å². The number of rotatable bonds is 1. The number of benzene rings is 1. The molecule has 1 amide bonds. The van der Waals surface area contributed by atoms with Crippen LogP contribution in [-0.2, 0) is 11.2 Å². The SMILES string of the molecule is NC(=O)/C=C1/CCc2cc(F)ccc21. The van der Waals surface area contributed by atoms with E-state index < -0.39 is 5.91 Å². The highest BCUT2D eigenvalue weighted by Gasteiger charge is 2.16. The average molecular weight is 191 g/mol. The summed E-state index contributed by atoms with van der Waals surface area (Å²) in [5, 5.41) is 0. The summed E-state index contributed by atoms with van der Waals surface area (Å²) in [5.74, 6) is -0.679. The van der Waals surface area contributed by atoms with E-state index in [9.17, 15) is 9.18 Å². The van der Waals surface area contributed by atoms with Gasteiger partial charge in [-0.3, -0.25) is 4.79 Å². The number of carbonyl (C=O) groups excluding carboxylic acids is 1. The van der Waals surface area contributed by atoms with Crippen LogP contribution < -0.4 is 5.73 Å². The van der Waals surface area contributed by atoms with E-state index in [4.69, 9.17) is 5.73 Å². The molecule has 0 aliphatic heterocycles. The van der Waals surface area contributed by atoms with Gasteiger partial charge in [0, 0.05) is 6.08 Å². The number of primary amides is 1. The molecule has 2 nitrogen and oxygen atoms in total. The van der Waals surface area contributed by atoms with Crippen LogP contribution in [0.4, 0.5) is 4.39 Å². The lowest BCUT2D eigenvalue weighted by molar-refractivity contribution is -0.113. The van der Waals surface area contributed by atoms with Gasteiger partial charge in [0.2, 0.25) is 5.91 Å². The molecular formula is C11H10FNO. The van der Waals surface area contributed by atoms with Gasteiger partial charge in [0.1, 0.15) is 5.82 Å². The minimum absolute atomic E-state index is 0.232. The monoisotopic (exact) mass is 191 g/mol. The van der Waals surface area contributed by atoms with E-state index in [0.29, 0.717) is 0 Å². The lowest BCUT2D eigenvalue weighted by atomic mass is 10.1. The topological polar surface area (TPSA) is 43.1 Å². The van der Waals surface area contributed by atoms with Crippen molar-refractivity contribution in [2.24, 2.45) is 5.73 Å². The molecule has 0 saturated heterocycles. The van der Waals surface area contributed by atoms with Crippen molar-refractivity contribution in [1.82, 2.24) is 0 Å². The summed E-state index contributed by atoms with van der Waals surface area (Å²) in [6.45, 7) is 0. The maximum absolute atomic E-state index is 12.8. The highest BCUT2D eigenvalue weighted by molar-refractivity contribution is 5.95. The average Bonchev–Trinajstić information content (AvgIpc) is 2.47. The predicted octanol–water partition coefficient (Wildman–Crippen LogP) is 1.64. The molecule has 0 spiro atoms. The third-order valence-electron chi connectivity index (χ3n) is 2.39. The van der Waals surface area contributed by atoms with Crippen LogP contribution in [0.15, 0.2) is 24.3 Å². The molecule has 72 valence electrons. The number of hydrogen-bond donors (Lipinski definition) is 1. The standard InChI is InChI=1S/C11H10FNO/c12-9-3-4-10-7(5-9)1-2-8(10)6-11(13)14/h3-6H,1-2H2,(H2,13,14)/b8-6-. The van der Waals surface area contributed by atoms with Crippen molar-refractivity contribution < 1.29 is 9.18 Å². The summed E-state index contributed by atoms with van der Waals surface area (Å²) in [7, 11) is 0. The summed E-state index contributed by atoms with van der Waals surface area (Å²) >= 11 is 0. The molecule has 14 heavy (non-hydrogen) atoms. The fourth-order valence-electron chi connectivity index (χ4n) is 1.81. The van der Waals surface area contributed by atoms with Gasteiger partial charge in [-0.15, -0.1) is 0 Å². The summed E-state index contributed by atoms with van der Waals surface area (Å²) in [6, 6.07) is 4.61. The van der Waals surface area contributed by atoms with Gasteiger partial charge in [0.05, 0.1) is 0 Å². The predicted molar refractivity (Wildman–Crippen MR) is 51.9 cm³/mol. The molecular weight excluding hydrogens is 181 g/mol. The second-order valence-corrected chi connectivity index (χ2v) is 3.37. The smallest absolute Gasteiger partial charge is 0.241 e. The van der Waals surface area contributed by atoms with Crippen molar-refractivity contribution in [3.8, 4) is 0 Å². The normalized spacial score (nSPS) is 17.1. The van der Waals surface area contributed by atoms with E-state index in [1.165, 1.54) is 18.2 Å². The molecule has 0 saturated carbocycles. The van der Waals surface area contributed by atoms with Crippen LogP contribution in [0.1, 0.15) is 17.5 Å². The Bertz CT molecular complexity index is 423. The molecule has 3 heteroatoms. The lowest BCUT2D eigenvalue weighted by Crippen LogP contribution is -2.06. The van der Waals surface area contributed by atoms with Gasteiger partial charge < -0.3 is 5.73 Å². The molecule has 0 radical (unpaired) electrons. The Kier molecular flexibility index (Phi) is 2.08. The molecule has 1 aliphatic rings. The Hall–Kier alpha value is -1.64. The first-order valence-corrected chi connectivity index (χ1v) is 4.45. The molecule has 2 N–H and O–H groups in total. The Morgan fingerprint density at radius 1 is 1.43 bits per heavy atom. The van der Waals surface area contributed by atoms with Gasteiger partial charge in [0.25, 0.3) is 0 Å². The van der Waals surface area contributed by atoms with Crippen LogP contribution in [0.3, 0.4) is 0 Å². The fraction of sp³-hybridized carbons (Fsp3) is 0.182. The highest BCUT2D eigenvalue weighted by Crippen LogP contribution is 2.32. The van der Waals surface area contributed by atoms with Crippen LogP contribution in [0, 0.1) is 5.82 Å². The van der Waals surface area contributed by atoms with Crippen molar-refractivity contribution in [3.63, 3.8) is 0 Å². The van der Waals surface area contributed by atoms with Crippen LogP contribution in [-0.4, -0.2) is 5.91 Å². The fourth-order valence-corrected chi connectivity index (χ4v) is 1.81. The van der Waals surface area contributed by atoms with Gasteiger partial charge in [-0.2, -0.15) is 0 Å². The van der Waals surface area contributed by atoms with Gasteiger partial charge in [-0.05, 0) is 41.7 Å². The maximum Gasteiger partial charge on any atom is 0.241 e. The minimum atomic E-state index is -0.447. The van der Waals surface area contributed by atoms with Crippen LogP contribution >= 0.6 is 0 Å². The van der Waals surface area contributed by atoms with Gasteiger partial charge in [0.15, 0.2) is 0 Å². The zero-order chi connectivity index (χ0) is 10.1. The van der Waals surface area contributed by atoms with Crippen LogP contribution in [0.2, 0.25) is 0 Å². The number of fused-ring (bicyclic) bond motifs is 1. The van der Waals surface area contributed by atoms with E-state index in [0.717, 1.165) is 29.5 Å². The van der Waals surface area contributed by atoms with E-state index in [-0.39, 0.29) is 5.82 Å². The third kappa shape index (κ3) is 1.53. The Morgan fingerprint density at radius 3 is 2.93 bits per heavy atom. The van der Waals surface area contributed by atoms with Crippen molar-refractivity contribution >= 4 is 11.5 Å². The summed E-state index contributed by atoms with van der Waals surface area (Å²) in [4.78, 5) is 10.7. The molecule has 0 atom stereocenters. The second kappa shape index (κ2) is 3.25. The van der Waals surface area contributed by atoms with E-state index >= 15 is 0 Å². The number of allylic oxidation sites excluding steroid dienone is 1. The number of hydrogen-bond acceptors (Lipinski definition) is 1. The highest BCUT2D eigenvalue weighted by atomic mass is 19.1. The molecule has 2 rings (SSSR count). The first-order valence-electron chi connectivity index (χ1n) is 4.45. The van der Waals surface area contributed by atoms with Gasteiger partial charge >= 0.3 is 0 Å². The lowest BCUT2D eigenvalue weighted by Gasteiger charge is -1.99. The Balaban J connectivity index is 2.45. The molecule has 0 fully saturated rings. The molecule has 1 aliphatic carbocycles. The summed E-state index contributed by atoms with van der Waals surface area (Å²) in [5.41, 5.74) is 7.88. The zero-order valence-electron chi connectivity index (χ0n) is 7.59. The van der Waals surface area contributed by atoms with Gasteiger partial charge in [-0.25, -0.2) is 4.39 Å². The number of halogens is 1. The number of carbonyl (C=O) groups is 1. The van der Waals surface area contributed by atoms with Gasteiger partial charge in [-0.1, -0.05) is 6.07 Å². The molecule has 1 aromatic carbocycles. The first kappa shape index (κ1) is 8.94. The van der Waals surface area contributed by atoms with Crippen molar-refractivity contribution in [2.75, 3.05) is 0 Å². The van der Waals surface area contributed by atoms with E-state index in [1.54, 1.807) is 6.07 Å². The van der Waals surface area contributed by atoms with Crippen molar-refractivity contribution in [1.29, 1.82) is 0 Å².